The van der Waals surface area contributed by atoms with Gasteiger partial charge in [0, 0.05) is 0 Å². The van der Waals surface area contributed by atoms with Gasteiger partial charge in [0.15, 0.2) is 0 Å². The molecule has 48 valence electrons. The first-order valence-corrected chi connectivity index (χ1v) is 2.20. The van der Waals surface area contributed by atoms with Crippen molar-refractivity contribution in [3.05, 3.63) is 0 Å². The zero-order chi connectivity index (χ0) is 5.70. The summed E-state index contributed by atoms with van der Waals surface area (Å²) in [5.74, 6) is -0.804. The van der Waals surface area contributed by atoms with Crippen molar-refractivity contribution in [2.24, 2.45) is 0 Å². The summed E-state index contributed by atoms with van der Waals surface area (Å²) in [7, 11) is 0. The monoisotopic (exact) mass is 175 g/mol. The van der Waals surface area contributed by atoms with Gasteiger partial charge in [-0.15, -0.1) is 0 Å². The Hall–Kier alpha value is 2.43. The van der Waals surface area contributed by atoms with Crippen molar-refractivity contribution in [2.45, 2.75) is 6.92 Å². The molecule has 0 fully saturated rings. The minimum absolute atomic E-state index is 0. The van der Waals surface area contributed by atoms with Crippen molar-refractivity contribution in [1.29, 1.82) is 0 Å². The van der Waals surface area contributed by atoms with Crippen LogP contribution in [0.2, 0.25) is 0 Å². The van der Waals surface area contributed by atoms with Crippen LogP contribution in [0.25, 0.3) is 0 Å². The molecule has 2 N–H and O–H groups in total. The van der Waals surface area contributed by atoms with Crippen LogP contribution >= 0.6 is 0 Å². The molecule has 0 aliphatic rings. The van der Waals surface area contributed by atoms with E-state index in [1.54, 1.807) is 0 Å². The number of nitrogens with one attached hydrogen (secondary N) is 1. The topological polar surface area (TPSA) is 49.3 Å². The minimum atomic E-state index is -0.804. The third-order valence-electron chi connectivity index (χ3n) is 0.526. The fourth-order valence-electron chi connectivity index (χ4n) is 0.232. The van der Waals surface area contributed by atoms with E-state index in [0.29, 0.717) is 6.54 Å². The summed E-state index contributed by atoms with van der Waals surface area (Å²) in [6.45, 7) is 2.64. The van der Waals surface area contributed by atoms with E-state index in [0.717, 1.165) is 0 Å². The van der Waals surface area contributed by atoms with E-state index in [9.17, 15) is 4.79 Å². The van der Waals surface area contributed by atoms with Gasteiger partial charge in [-0.3, -0.25) is 4.79 Å². The van der Waals surface area contributed by atoms with Gasteiger partial charge in [0.2, 0.25) is 0 Å². The Bertz CT molecular complexity index is 81.7. The van der Waals surface area contributed by atoms with Gasteiger partial charge in [0.1, 0.15) is 0 Å². The molecule has 0 saturated heterocycles. The van der Waals surface area contributed by atoms with Crippen LogP contribution in [0.5, 0.6) is 0 Å². The average Bonchev–Trinajstić information content (AvgIpc) is 1.61. The van der Waals surface area contributed by atoms with Crippen LogP contribution in [0.1, 0.15) is 11.2 Å². The van der Waals surface area contributed by atoms with Crippen LogP contribution < -0.4 is 94.0 Å². The third-order valence-corrected chi connectivity index (χ3v) is 0.526. The van der Waals surface area contributed by atoms with Crippen LogP contribution in [0.3, 0.4) is 0 Å². The number of carboxylic acids is 1. The molecule has 0 bridgehead atoms. The summed E-state index contributed by atoms with van der Waals surface area (Å²) < 4.78 is 0. The molecular weight excluding hydrogens is 163 g/mol. The van der Waals surface area contributed by atoms with E-state index < -0.39 is 5.97 Å². The first-order chi connectivity index (χ1) is 3.27. The van der Waals surface area contributed by atoms with E-state index >= 15 is 0 Å². The molecule has 3 nitrogen and oxygen atoms in total. The first kappa shape index (κ1) is 22.9. The Morgan fingerprint density at radius 3 is 2.00 bits per heavy atom. The van der Waals surface area contributed by atoms with Gasteiger partial charge >= 0.3 is 94.6 Å². The standard InChI is InChI=1S/C4H9NO2.3Na.3H/c1-2-5-3-4(6)7;;;;;;/h5H,2-3H2,1H3,(H,6,7);;;;;;/q;3*+1;3*-1. The molecule has 0 amide bonds. The molecular formula is C4H12NNa3O2. The van der Waals surface area contributed by atoms with Crippen LogP contribution in [0.4, 0.5) is 0 Å². The molecule has 0 aliphatic carbocycles. The zero-order valence-electron chi connectivity index (χ0n) is 10.3. The largest absolute Gasteiger partial charge is 1.00 e. The van der Waals surface area contributed by atoms with Gasteiger partial charge in [0.05, 0.1) is 6.54 Å². The van der Waals surface area contributed by atoms with Crippen molar-refractivity contribution in [3.63, 3.8) is 0 Å². The third kappa shape index (κ3) is 22.4. The maximum atomic E-state index is 9.70. The summed E-state index contributed by atoms with van der Waals surface area (Å²) >= 11 is 0. The van der Waals surface area contributed by atoms with Crippen molar-refractivity contribution >= 4 is 5.97 Å². The predicted octanol–water partition coefficient (Wildman–Crippen LogP) is -8.97. The number of likely N-dealkylation sites (N-methyl/N-ethyl adjacent to an activating group) is 1. The van der Waals surface area contributed by atoms with E-state index in [1.165, 1.54) is 0 Å². The molecule has 0 radical (unpaired) electrons. The molecule has 0 atom stereocenters. The van der Waals surface area contributed by atoms with Crippen LogP contribution in [-0.2, 0) is 4.79 Å². The number of aliphatic carboxylic acids is 1. The molecule has 0 unspecified atom stereocenters. The fraction of sp³-hybridized carbons (Fsp3) is 0.750. The molecule has 10 heavy (non-hydrogen) atoms. The fourth-order valence-corrected chi connectivity index (χ4v) is 0.232. The molecule has 0 heterocycles. The summed E-state index contributed by atoms with van der Waals surface area (Å²) in [4.78, 5) is 9.70. The maximum Gasteiger partial charge on any atom is 1.00 e. The number of carbonyl (C=O) groups is 1. The quantitative estimate of drug-likeness (QED) is 0.419. The maximum absolute atomic E-state index is 9.70. The molecule has 0 aliphatic heterocycles. The Balaban J connectivity index is -0.0000000120. The van der Waals surface area contributed by atoms with Gasteiger partial charge in [0.25, 0.3) is 0 Å². The van der Waals surface area contributed by atoms with Gasteiger partial charge < -0.3 is 14.7 Å². The van der Waals surface area contributed by atoms with Crippen molar-refractivity contribution in [3.8, 4) is 0 Å². The molecule has 0 aromatic carbocycles. The predicted molar refractivity (Wildman–Crippen MR) is 29.5 cm³/mol. The summed E-state index contributed by atoms with van der Waals surface area (Å²) in [5, 5.41) is 10.6. The first-order valence-electron chi connectivity index (χ1n) is 2.20. The summed E-state index contributed by atoms with van der Waals surface area (Å²) in [6, 6.07) is 0. The van der Waals surface area contributed by atoms with E-state index in [-0.39, 0.29) is 99.5 Å². The van der Waals surface area contributed by atoms with Crippen molar-refractivity contribution < 1.29 is 103 Å². The van der Waals surface area contributed by atoms with Gasteiger partial charge in [-0.25, -0.2) is 0 Å². The number of rotatable bonds is 3. The Morgan fingerprint density at radius 1 is 1.50 bits per heavy atom. The van der Waals surface area contributed by atoms with Gasteiger partial charge in [-0.1, -0.05) is 6.92 Å². The normalized spacial score (nSPS) is 6.10. The number of carboxylic acid groups (broad SMARTS) is 1. The molecule has 0 aromatic rings. The molecule has 6 heteroatoms. The summed E-state index contributed by atoms with van der Waals surface area (Å²) in [6.07, 6.45) is 0. The van der Waals surface area contributed by atoms with Crippen LogP contribution in [-0.4, -0.2) is 24.2 Å². The van der Waals surface area contributed by atoms with E-state index in [2.05, 4.69) is 5.32 Å². The van der Waals surface area contributed by atoms with Crippen molar-refractivity contribution in [1.82, 2.24) is 5.32 Å². The van der Waals surface area contributed by atoms with Crippen LogP contribution in [0.15, 0.2) is 0 Å². The SMILES string of the molecule is CCNCC(=O)O.[H-].[H-].[H-].[Na+].[Na+].[Na+]. The molecule has 0 saturated carbocycles. The smallest absolute Gasteiger partial charge is 1.00 e. The van der Waals surface area contributed by atoms with E-state index in [1.807, 2.05) is 6.92 Å². The Kier molecular flexibility index (Phi) is 40.0. The second kappa shape index (κ2) is 17.5. The van der Waals surface area contributed by atoms with Crippen LogP contribution in [0, 0.1) is 0 Å². The van der Waals surface area contributed by atoms with Crippen molar-refractivity contribution in [2.75, 3.05) is 13.1 Å². The number of hydrogen-bond donors (Lipinski definition) is 2. The number of hydrogen-bond acceptors (Lipinski definition) is 2. The summed E-state index contributed by atoms with van der Waals surface area (Å²) in [5.41, 5.74) is 0. The average molecular weight is 175 g/mol. The zero-order valence-corrected chi connectivity index (χ0v) is 13.3. The second-order valence-electron chi connectivity index (χ2n) is 1.17. The van der Waals surface area contributed by atoms with E-state index in [4.69, 9.17) is 5.11 Å². The van der Waals surface area contributed by atoms with Gasteiger partial charge in [-0.05, 0) is 6.54 Å². The molecule has 0 spiro atoms. The Morgan fingerprint density at radius 2 is 1.90 bits per heavy atom. The minimum Gasteiger partial charge on any atom is -1.00 e. The second-order valence-corrected chi connectivity index (χ2v) is 1.17. The Labute approximate surface area is 132 Å². The van der Waals surface area contributed by atoms with Gasteiger partial charge in [-0.2, -0.15) is 0 Å². The molecule has 0 aromatic heterocycles. The molecule has 0 rings (SSSR count).